The molecule has 6 nitrogen and oxygen atoms in total. The van der Waals surface area contributed by atoms with Crippen molar-refractivity contribution in [3.63, 3.8) is 0 Å². The Morgan fingerprint density at radius 3 is 2.42 bits per heavy atom. The normalized spacial score (nSPS) is 13.3. The van der Waals surface area contributed by atoms with Crippen LogP contribution in [0.4, 0.5) is 13.2 Å². The van der Waals surface area contributed by atoms with Crippen LogP contribution >= 0.6 is 0 Å². The number of nitrogens with one attached hydrogen (secondary N) is 1. The molecule has 3 N–H and O–H groups in total. The van der Waals surface area contributed by atoms with Crippen molar-refractivity contribution >= 4 is 22.8 Å². The summed E-state index contributed by atoms with van der Waals surface area (Å²) in [7, 11) is 1.25. The Morgan fingerprint density at radius 2 is 1.92 bits per heavy atom. The second-order valence-corrected chi connectivity index (χ2v) is 5.79. The quantitative estimate of drug-likeness (QED) is 0.888. The summed E-state index contributed by atoms with van der Waals surface area (Å²) in [4.78, 5) is 27.1. The third kappa shape index (κ3) is 3.34. The summed E-state index contributed by atoms with van der Waals surface area (Å²) in [6.07, 6.45) is -4.59. The van der Waals surface area contributed by atoms with Gasteiger partial charge in [0.25, 0.3) is 5.91 Å². The molecule has 0 aliphatic heterocycles. The average Bonchev–Trinajstić information content (AvgIpc) is 2.80. The molecule has 130 valence electrons. The van der Waals surface area contributed by atoms with Crippen molar-refractivity contribution in [3.05, 3.63) is 29.6 Å². The van der Waals surface area contributed by atoms with Crippen LogP contribution in [0, 0.1) is 5.92 Å². The number of fused-ring (bicyclic) bond motifs is 1. The molecule has 9 heteroatoms. The number of alkyl halides is 3. The average molecular weight is 342 g/mol. The fraction of sp³-hybridized carbons (Fsp3) is 0.400. The predicted molar refractivity (Wildman–Crippen MR) is 81.0 cm³/mol. The zero-order valence-corrected chi connectivity index (χ0v) is 13.3. The van der Waals surface area contributed by atoms with Gasteiger partial charge in [-0.25, -0.2) is 4.98 Å². The van der Waals surface area contributed by atoms with E-state index in [1.165, 1.54) is 25.2 Å². The van der Waals surface area contributed by atoms with Gasteiger partial charge in [0.2, 0.25) is 11.7 Å². The number of imidazole rings is 1. The van der Waals surface area contributed by atoms with Crippen LogP contribution < -0.4 is 11.1 Å². The minimum Gasteiger partial charge on any atom is -0.368 e. The molecule has 0 unspecified atom stereocenters. The highest BCUT2D eigenvalue weighted by atomic mass is 19.4. The number of hydrogen-bond acceptors (Lipinski definition) is 3. The van der Waals surface area contributed by atoms with Crippen LogP contribution in [0.2, 0.25) is 0 Å². The molecular formula is C15H17F3N4O2. The van der Waals surface area contributed by atoms with Gasteiger partial charge in [-0.15, -0.1) is 0 Å². The van der Waals surface area contributed by atoms with E-state index in [1.807, 2.05) is 0 Å². The minimum atomic E-state index is -4.59. The maximum atomic E-state index is 12.9. The van der Waals surface area contributed by atoms with Crippen LogP contribution in [0.5, 0.6) is 0 Å². The Balaban J connectivity index is 2.37. The molecule has 24 heavy (non-hydrogen) atoms. The molecule has 0 saturated heterocycles. The summed E-state index contributed by atoms with van der Waals surface area (Å²) in [5.41, 5.74) is 5.61. The van der Waals surface area contributed by atoms with E-state index in [0.717, 1.165) is 4.57 Å². The summed E-state index contributed by atoms with van der Waals surface area (Å²) in [5, 5.41) is 2.48. The first-order valence-electron chi connectivity index (χ1n) is 7.16. The van der Waals surface area contributed by atoms with Gasteiger partial charge in [-0.1, -0.05) is 13.8 Å². The topological polar surface area (TPSA) is 90.0 Å². The standard InChI is InChI=1S/C15H17F3N4O2/c1-7(2)11(12(19)23)21-13(24)8-4-5-10-9(6-8)20-14(22(10)3)15(16,17)18/h4-7,11H,1-3H3,(H2,19,23)(H,21,24)/t11-/m1/s1. The molecule has 0 spiro atoms. The van der Waals surface area contributed by atoms with Crippen LogP contribution in [0.3, 0.4) is 0 Å². The van der Waals surface area contributed by atoms with E-state index in [-0.39, 0.29) is 22.5 Å². The van der Waals surface area contributed by atoms with Gasteiger partial charge in [0.05, 0.1) is 11.0 Å². The number of carbonyl (C=O) groups is 2. The molecular weight excluding hydrogens is 325 g/mol. The van der Waals surface area contributed by atoms with E-state index in [0.29, 0.717) is 0 Å². The SMILES string of the molecule is CC(C)[C@@H](NC(=O)c1ccc2c(c1)nc(C(F)(F)F)n2C)C(N)=O. The van der Waals surface area contributed by atoms with Crippen LogP contribution in [0.1, 0.15) is 30.0 Å². The van der Waals surface area contributed by atoms with Crippen LogP contribution in [0.25, 0.3) is 11.0 Å². The van der Waals surface area contributed by atoms with Crippen molar-refractivity contribution in [1.29, 1.82) is 0 Å². The Morgan fingerprint density at radius 1 is 1.29 bits per heavy atom. The van der Waals surface area contributed by atoms with Gasteiger partial charge in [0.15, 0.2) is 0 Å². The smallest absolute Gasteiger partial charge is 0.368 e. The van der Waals surface area contributed by atoms with Crippen molar-refractivity contribution in [3.8, 4) is 0 Å². The molecule has 0 bridgehead atoms. The molecule has 0 radical (unpaired) electrons. The molecule has 0 saturated carbocycles. The van der Waals surface area contributed by atoms with E-state index in [4.69, 9.17) is 5.73 Å². The maximum absolute atomic E-state index is 12.9. The lowest BCUT2D eigenvalue weighted by Gasteiger charge is -2.18. The van der Waals surface area contributed by atoms with Gasteiger partial charge in [-0.3, -0.25) is 9.59 Å². The zero-order valence-electron chi connectivity index (χ0n) is 13.3. The van der Waals surface area contributed by atoms with Crippen LogP contribution in [0.15, 0.2) is 18.2 Å². The monoisotopic (exact) mass is 342 g/mol. The van der Waals surface area contributed by atoms with E-state index in [9.17, 15) is 22.8 Å². The number of benzene rings is 1. The number of amides is 2. The second-order valence-electron chi connectivity index (χ2n) is 5.79. The van der Waals surface area contributed by atoms with Gasteiger partial charge >= 0.3 is 6.18 Å². The Labute approximate surface area is 135 Å². The number of nitrogens with zero attached hydrogens (tertiary/aromatic N) is 2. The number of aromatic nitrogens is 2. The highest BCUT2D eigenvalue weighted by molar-refractivity contribution is 5.99. The Bertz CT molecular complexity index is 796. The summed E-state index contributed by atoms with van der Waals surface area (Å²) < 4.78 is 39.6. The summed E-state index contributed by atoms with van der Waals surface area (Å²) >= 11 is 0. The highest BCUT2D eigenvalue weighted by Gasteiger charge is 2.36. The predicted octanol–water partition coefficient (Wildman–Crippen LogP) is 1.83. The summed E-state index contributed by atoms with van der Waals surface area (Å²) in [6, 6.07) is 3.12. The van der Waals surface area contributed by atoms with Crippen LogP contribution in [-0.2, 0) is 18.0 Å². The first-order valence-corrected chi connectivity index (χ1v) is 7.16. The van der Waals surface area contributed by atoms with Crippen molar-refractivity contribution in [2.24, 2.45) is 18.7 Å². The fourth-order valence-electron chi connectivity index (χ4n) is 2.39. The number of halogens is 3. The third-order valence-electron chi connectivity index (χ3n) is 3.66. The molecule has 1 heterocycles. The fourth-order valence-corrected chi connectivity index (χ4v) is 2.39. The number of rotatable bonds is 4. The number of nitrogens with two attached hydrogens (primary N) is 1. The van der Waals surface area contributed by atoms with Crippen molar-refractivity contribution in [2.45, 2.75) is 26.1 Å². The zero-order chi connectivity index (χ0) is 18.2. The lowest BCUT2D eigenvalue weighted by atomic mass is 10.0. The summed E-state index contributed by atoms with van der Waals surface area (Å²) in [6.45, 7) is 3.43. The number of hydrogen-bond donors (Lipinski definition) is 2. The van der Waals surface area contributed by atoms with E-state index in [2.05, 4.69) is 10.3 Å². The van der Waals surface area contributed by atoms with Gasteiger partial charge in [0, 0.05) is 12.6 Å². The Kier molecular flexibility index (Phi) is 4.54. The molecule has 0 aliphatic rings. The molecule has 1 aromatic heterocycles. The van der Waals surface area contributed by atoms with Gasteiger partial charge in [0.1, 0.15) is 6.04 Å². The van der Waals surface area contributed by atoms with E-state index in [1.54, 1.807) is 13.8 Å². The summed E-state index contributed by atoms with van der Waals surface area (Å²) in [5.74, 6) is -2.56. The van der Waals surface area contributed by atoms with Crippen molar-refractivity contribution < 1.29 is 22.8 Å². The minimum absolute atomic E-state index is 0.0395. The number of carbonyl (C=O) groups excluding carboxylic acids is 2. The lowest BCUT2D eigenvalue weighted by molar-refractivity contribution is -0.146. The number of primary amides is 1. The first kappa shape index (κ1) is 17.8. The van der Waals surface area contributed by atoms with Gasteiger partial charge in [-0.05, 0) is 24.1 Å². The van der Waals surface area contributed by atoms with E-state index < -0.39 is 29.9 Å². The molecule has 2 aromatic rings. The van der Waals surface area contributed by atoms with Gasteiger partial charge < -0.3 is 15.6 Å². The molecule has 1 aromatic carbocycles. The maximum Gasteiger partial charge on any atom is 0.449 e. The second kappa shape index (κ2) is 6.14. The highest BCUT2D eigenvalue weighted by Crippen LogP contribution is 2.30. The third-order valence-corrected chi connectivity index (χ3v) is 3.66. The molecule has 2 rings (SSSR count). The van der Waals surface area contributed by atoms with Crippen LogP contribution in [-0.4, -0.2) is 27.4 Å². The van der Waals surface area contributed by atoms with Crippen molar-refractivity contribution in [1.82, 2.24) is 14.9 Å². The van der Waals surface area contributed by atoms with E-state index >= 15 is 0 Å². The Hall–Kier alpha value is -2.58. The lowest BCUT2D eigenvalue weighted by Crippen LogP contribution is -2.47. The molecule has 2 amide bonds. The van der Waals surface area contributed by atoms with Gasteiger partial charge in [-0.2, -0.15) is 13.2 Å². The van der Waals surface area contributed by atoms with Crippen molar-refractivity contribution in [2.75, 3.05) is 0 Å². The largest absolute Gasteiger partial charge is 0.449 e. The number of aryl methyl sites for hydroxylation is 1. The first-order chi connectivity index (χ1) is 11.0. The molecule has 1 atom stereocenters. The molecule has 0 aliphatic carbocycles. The molecule has 0 fully saturated rings.